The third kappa shape index (κ3) is 5.67. The summed E-state index contributed by atoms with van der Waals surface area (Å²) >= 11 is 0. The molecule has 0 spiro atoms. The van der Waals surface area contributed by atoms with E-state index >= 15 is 0 Å². The van der Waals surface area contributed by atoms with Gasteiger partial charge in [0.15, 0.2) is 0 Å². The standard InChI is InChI=1S/C19H22FN3O3S.ClH/c20-15-3-7-18(8-4-15)27(25,26)22-17-9-11-23(12-10-17)19(24)13-14-1-5-16(21)6-2-14;/h1-8,17,22H,9-13,21H2;1H. The predicted molar refractivity (Wildman–Crippen MR) is 108 cm³/mol. The Kier molecular flexibility index (Phi) is 7.40. The Balaban J connectivity index is 0.00000280. The lowest BCUT2D eigenvalue weighted by molar-refractivity contribution is -0.131. The molecule has 6 nitrogen and oxygen atoms in total. The van der Waals surface area contributed by atoms with E-state index in [0.717, 1.165) is 17.7 Å². The van der Waals surface area contributed by atoms with E-state index in [9.17, 15) is 17.6 Å². The SMILES string of the molecule is Cl.Nc1ccc(CC(=O)N2CCC(NS(=O)(=O)c3ccc(F)cc3)CC2)cc1. The number of amides is 1. The van der Waals surface area contributed by atoms with Crippen LogP contribution in [0.1, 0.15) is 18.4 Å². The molecule has 152 valence electrons. The molecule has 1 aliphatic heterocycles. The second kappa shape index (κ2) is 9.36. The fourth-order valence-electron chi connectivity index (χ4n) is 3.07. The molecule has 1 aliphatic rings. The Bertz CT molecular complexity index is 897. The van der Waals surface area contributed by atoms with Crippen LogP contribution in [0.25, 0.3) is 0 Å². The summed E-state index contributed by atoms with van der Waals surface area (Å²) < 4.78 is 40.4. The third-order valence-electron chi connectivity index (χ3n) is 4.63. The monoisotopic (exact) mass is 427 g/mol. The highest BCUT2D eigenvalue weighted by Crippen LogP contribution is 2.17. The average molecular weight is 428 g/mol. The van der Waals surface area contributed by atoms with E-state index in [1.807, 2.05) is 12.1 Å². The summed E-state index contributed by atoms with van der Waals surface area (Å²) in [5, 5.41) is 0. The Labute approximate surface area is 170 Å². The van der Waals surface area contributed by atoms with Crippen LogP contribution < -0.4 is 10.5 Å². The van der Waals surface area contributed by atoms with Crippen molar-refractivity contribution in [1.29, 1.82) is 0 Å². The van der Waals surface area contributed by atoms with Gasteiger partial charge in [-0.25, -0.2) is 17.5 Å². The van der Waals surface area contributed by atoms with Crippen molar-refractivity contribution in [3.05, 3.63) is 59.9 Å². The molecule has 1 fully saturated rings. The van der Waals surface area contributed by atoms with Crippen molar-refractivity contribution < 1.29 is 17.6 Å². The van der Waals surface area contributed by atoms with Crippen molar-refractivity contribution in [1.82, 2.24) is 9.62 Å². The van der Waals surface area contributed by atoms with Gasteiger partial charge in [0.05, 0.1) is 11.3 Å². The lowest BCUT2D eigenvalue weighted by atomic mass is 10.0. The Morgan fingerprint density at radius 1 is 1.07 bits per heavy atom. The molecule has 0 saturated carbocycles. The number of halogens is 2. The minimum atomic E-state index is -3.70. The van der Waals surface area contributed by atoms with E-state index in [1.165, 1.54) is 12.1 Å². The van der Waals surface area contributed by atoms with Crippen LogP contribution in [0.4, 0.5) is 10.1 Å². The molecule has 1 amide bonds. The van der Waals surface area contributed by atoms with Crippen LogP contribution in [0, 0.1) is 5.82 Å². The average Bonchev–Trinajstić information content (AvgIpc) is 2.64. The normalized spacial score (nSPS) is 15.1. The van der Waals surface area contributed by atoms with Crippen molar-refractivity contribution in [2.75, 3.05) is 18.8 Å². The third-order valence-corrected chi connectivity index (χ3v) is 6.16. The number of benzene rings is 2. The van der Waals surface area contributed by atoms with Crippen LogP contribution in [-0.4, -0.2) is 38.4 Å². The summed E-state index contributed by atoms with van der Waals surface area (Å²) in [6, 6.07) is 11.7. The molecule has 0 radical (unpaired) electrons. The van der Waals surface area contributed by atoms with E-state index in [4.69, 9.17) is 5.73 Å². The topological polar surface area (TPSA) is 92.5 Å². The summed E-state index contributed by atoms with van der Waals surface area (Å²) in [5.41, 5.74) is 7.20. The first-order valence-corrected chi connectivity index (χ1v) is 10.2. The van der Waals surface area contributed by atoms with Gasteiger partial charge < -0.3 is 10.6 Å². The molecule has 1 heterocycles. The van der Waals surface area contributed by atoms with Crippen LogP contribution in [-0.2, 0) is 21.2 Å². The summed E-state index contributed by atoms with van der Waals surface area (Å²) in [6.07, 6.45) is 1.37. The van der Waals surface area contributed by atoms with Crippen molar-refractivity contribution in [3.63, 3.8) is 0 Å². The van der Waals surface area contributed by atoms with Crippen LogP contribution in [0.3, 0.4) is 0 Å². The molecule has 0 aromatic heterocycles. The maximum absolute atomic E-state index is 13.0. The molecule has 0 atom stereocenters. The quantitative estimate of drug-likeness (QED) is 0.716. The summed E-state index contributed by atoms with van der Waals surface area (Å²) in [7, 11) is -3.70. The number of piperidine rings is 1. The summed E-state index contributed by atoms with van der Waals surface area (Å²) in [5.74, 6) is -0.471. The first-order valence-electron chi connectivity index (χ1n) is 8.73. The molecule has 1 saturated heterocycles. The number of likely N-dealkylation sites (tertiary alicyclic amines) is 1. The van der Waals surface area contributed by atoms with Gasteiger partial charge in [-0.05, 0) is 54.8 Å². The van der Waals surface area contributed by atoms with E-state index in [2.05, 4.69) is 4.72 Å². The number of nitrogen functional groups attached to an aromatic ring is 1. The smallest absolute Gasteiger partial charge is 0.240 e. The molecule has 2 aromatic carbocycles. The molecule has 0 aliphatic carbocycles. The molecule has 2 aromatic rings. The van der Waals surface area contributed by atoms with E-state index in [1.54, 1.807) is 17.0 Å². The number of carbonyl (C=O) groups is 1. The number of nitrogens with two attached hydrogens (primary N) is 1. The fourth-order valence-corrected chi connectivity index (χ4v) is 4.37. The Morgan fingerprint density at radius 2 is 1.64 bits per heavy atom. The van der Waals surface area contributed by atoms with Crippen molar-refractivity contribution in [3.8, 4) is 0 Å². The zero-order valence-electron chi connectivity index (χ0n) is 15.2. The number of hydrogen-bond donors (Lipinski definition) is 2. The number of hydrogen-bond acceptors (Lipinski definition) is 4. The molecule has 3 rings (SSSR count). The second-order valence-electron chi connectivity index (χ2n) is 6.65. The Morgan fingerprint density at radius 3 is 2.21 bits per heavy atom. The van der Waals surface area contributed by atoms with Gasteiger partial charge in [0, 0.05) is 24.8 Å². The van der Waals surface area contributed by atoms with Gasteiger partial charge in [-0.1, -0.05) is 12.1 Å². The minimum Gasteiger partial charge on any atom is -0.399 e. The van der Waals surface area contributed by atoms with Gasteiger partial charge in [0.2, 0.25) is 15.9 Å². The number of nitrogens with zero attached hydrogens (tertiary/aromatic N) is 1. The van der Waals surface area contributed by atoms with Gasteiger partial charge in [-0.2, -0.15) is 0 Å². The van der Waals surface area contributed by atoms with Crippen molar-refractivity contribution in [2.45, 2.75) is 30.2 Å². The molecule has 9 heteroatoms. The van der Waals surface area contributed by atoms with Crippen molar-refractivity contribution >= 4 is 34.0 Å². The van der Waals surface area contributed by atoms with Crippen LogP contribution in [0.5, 0.6) is 0 Å². The van der Waals surface area contributed by atoms with Crippen molar-refractivity contribution in [2.24, 2.45) is 0 Å². The molecular weight excluding hydrogens is 405 g/mol. The number of anilines is 1. The zero-order chi connectivity index (χ0) is 19.4. The lowest BCUT2D eigenvalue weighted by Gasteiger charge is -2.32. The highest BCUT2D eigenvalue weighted by atomic mass is 35.5. The highest BCUT2D eigenvalue weighted by Gasteiger charge is 2.26. The number of carbonyl (C=O) groups excluding carboxylic acids is 1. The van der Waals surface area contributed by atoms with Gasteiger partial charge in [-0.15, -0.1) is 12.4 Å². The first-order chi connectivity index (χ1) is 12.8. The summed E-state index contributed by atoms with van der Waals surface area (Å²) in [4.78, 5) is 14.2. The zero-order valence-corrected chi connectivity index (χ0v) is 16.8. The van der Waals surface area contributed by atoms with Gasteiger partial charge >= 0.3 is 0 Å². The fraction of sp³-hybridized carbons (Fsp3) is 0.316. The molecule has 3 N–H and O–H groups in total. The van der Waals surface area contributed by atoms with E-state index in [-0.39, 0.29) is 29.3 Å². The first kappa shape index (κ1) is 22.1. The molecular formula is C19H23ClFN3O3S. The van der Waals surface area contributed by atoms with E-state index < -0.39 is 15.8 Å². The number of nitrogens with one attached hydrogen (secondary N) is 1. The van der Waals surface area contributed by atoms with Gasteiger partial charge in [0.25, 0.3) is 0 Å². The number of rotatable bonds is 5. The second-order valence-corrected chi connectivity index (χ2v) is 8.36. The lowest BCUT2D eigenvalue weighted by Crippen LogP contribution is -2.46. The van der Waals surface area contributed by atoms with Crippen LogP contribution in [0.2, 0.25) is 0 Å². The van der Waals surface area contributed by atoms with E-state index in [0.29, 0.717) is 38.0 Å². The summed E-state index contributed by atoms with van der Waals surface area (Å²) in [6.45, 7) is 0.981. The maximum Gasteiger partial charge on any atom is 0.240 e. The van der Waals surface area contributed by atoms with Gasteiger partial charge in [0.1, 0.15) is 5.82 Å². The predicted octanol–water partition coefficient (Wildman–Crippen LogP) is 2.34. The number of sulfonamides is 1. The van der Waals surface area contributed by atoms with Gasteiger partial charge in [-0.3, -0.25) is 4.79 Å². The van der Waals surface area contributed by atoms with Crippen LogP contribution in [0.15, 0.2) is 53.4 Å². The molecule has 0 bridgehead atoms. The largest absolute Gasteiger partial charge is 0.399 e. The van der Waals surface area contributed by atoms with Crippen LogP contribution >= 0.6 is 12.4 Å². The molecule has 0 unspecified atom stereocenters. The maximum atomic E-state index is 13.0. The Hall–Kier alpha value is -2.16. The highest BCUT2D eigenvalue weighted by molar-refractivity contribution is 7.89. The minimum absolute atomic E-state index is 0. The molecule has 28 heavy (non-hydrogen) atoms.